The maximum atomic E-state index is 4.70. The minimum atomic E-state index is 0.554. The van der Waals surface area contributed by atoms with E-state index in [4.69, 9.17) is 4.98 Å². The highest BCUT2D eigenvalue weighted by molar-refractivity contribution is 7.99. The molecule has 1 atom stereocenters. The fourth-order valence-corrected chi connectivity index (χ4v) is 3.46. The highest BCUT2D eigenvalue weighted by Crippen LogP contribution is 2.21. The van der Waals surface area contributed by atoms with Gasteiger partial charge in [-0.05, 0) is 24.9 Å². The van der Waals surface area contributed by atoms with Crippen molar-refractivity contribution in [1.29, 1.82) is 0 Å². The first-order valence-corrected chi connectivity index (χ1v) is 9.14. The lowest BCUT2D eigenvalue weighted by Crippen LogP contribution is -2.25. The fraction of sp³-hybridized carbons (Fsp3) is 0.438. The van der Waals surface area contributed by atoms with Gasteiger partial charge in [0, 0.05) is 23.5 Å². The van der Waals surface area contributed by atoms with Crippen LogP contribution in [0.3, 0.4) is 0 Å². The Bertz CT molecular complexity index is 496. The van der Waals surface area contributed by atoms with Gasteiger partial charge >= 0.3 is 0 Å². The van der Waals surface area contributed by atoms with Gasteiger partial charge in [0.1, 0.15) is 5.01 Å². The van der Waals surface area contributed by atoms with Crippen molar-refractivity contribution in [2.45, 2.75) is 32.9 Å². The third kappa shape index (κ3) is 4.93. The van der Waals surface area contributed by atoms with Gasteiger partial charge in [0.2, 0.25) is 0 Å². The molecule has 0 aliphatic carbocycles. The minimum absolute atomic E-state index is 0.554. The summed E-state index contributed by atoms with van der Waals surface area (Å²) in [6, 6.07) is 10.9. The van der Waals surface area contributed by atoms with E-state index in [1.54, 1.807) is 11.3 Å². The Kier molecular flexibility index (Phi) is 6.57. The van der Waals surface area contributed by atoms with Gasteiger partial charge in [-0.15, -0.1) is 11.3 Å². The van der Waals surface area contributed by atoms with Crippen LogP contribution in [0, 0.1) is 0 Å². The van der Waals surface area contributed by atoms with Crippen LogP contribution in [-0.4, -0.2) is 22.5 Å². The number of nitrogens with one attached hydrogen (secondary N) is 1. The first-order chi connectivity index (χ1) is 9.79. The van der Waals surface area contributed by atoms with Crippen LogP contribution in [-0.2, 0) is 6.54 Å². The molecule has 1 N–H and O–H groups in total. The molecule has 2 nitrogen and oxygen atoms in total. The highest BCUT2D eigenvalue weighted by Gasteiger charge is 2.06. The zero-order valence-corrected chi connectivity index (χ0v) is 13.8. The van der Waals surface area contributed by atoms with Crippen LogP contribution in [0.2, 0.25) is 0 Å². The van der Waals surface area contributed by atoms with E-state index in [0.29, 0.717) is 6.04 Å². The van der Waals surface area contributed by atoms with E-state index in [1.165, 1.54) is 28.5 Å². The third-order valence-corrected chi connectivity index (χ3v) is 4.90. The topological polar surface area (TPSA) is 24.9 Å². The van der Waals surface area contributed by atoms with Crippen molar-refractivity contribution < 1.29 is 0 Å². The first-order valence-electron chi connectivity index (χ1n) is 7.10. The van der Waals surface area contributed by atoms with Crippen LogP contribution in [0.15, 0.2) is 35.7 Å². The normalized spacial score (nSPS) is 12.5. The Balaban J connectivity index is 1.81. The number of aromatic nitrogens is 1. The molecular formula is C16H22N2S2. The quantitative estimate of drug-likeness (QED) is 0.730. The summed E-state index contributed by atoms with van der Waals surface area (Å²) in [5, 5.41) is 6.87. The second-order valence-corrected chi connectivity index (χ2v) is 7.10. The summed E-state index contributed by atoms with van der Waals surface area (Å²) in [6.45, 7) is 5.33. The average Bonchev–Trinajstić information content (AvgIpc) is 2.95. The second kappa shape index (κ2) is 8.45. The molecule has 1 heterocycles. The Labute approximate surface area is 130 Å². The smallest absolute Gasteiger partial charge is 0.107 e. The third-order valence-electron chi connectivity index (χ3n) is 3.12. The van der Waals surface area contributed by atoms with E-state index in [0.717, 1.165) is 12.2 Å². The van der Waals surface area contributed by atoms with Crippen molar-refractivity contribution in [3.8, 4) is 11.3 Å². The number of nitrogens with zero attached hydrogens (tertiary/aromatic N) is 1. The molecule has 0 aliphatic rings. The molecule has 1 unspecified atom stereocenters. The van der Waals surface area contributed by atoms with Crippen LogP contribution in [0.5, 0.6) is 0 Å². The lowest BCUT2D eigenvalue weighted by Gasteiger charge is -2.11. The average molecular weight is 306 g/mol. The summed E-state index contributed by atoms with van der Waals surface area (Å²) in [5.41, 5.74) is 2.28. The lowest BCUT2D eigenvalue weighted by molar-refractivity contribution is 0.536. The summed E-state index contributed by atoms with van der Waals surface area (Å²) < 4.78 is 0. The SMILES string of the molecule is CCSCCC(C)NCc1nc(-c2ccccc2)cs1. The maximum absolute atomic E-state index is 4.70. The molecule has 0 fully saturated rings. The highest BCUT2D eigenvalue weighted by atomic mass is 32.2. The van der Waals surface area contributed by atoms with Gasteiger partial charge in [-0.25, -0.2) is 4.98 Å². The second-order valence-electron chi connectivity index (χ2n) is 4.76. The molecule has 0 bridgehead atoms. The predicted octanol–water partition coefficient (Wildman–Crippen LogP) is 4.43. The summed E-state index contributed by atoms with van der Waals surface area (Å²) in [4.78, 5) is 4.70. The van der Waals surface area contributed by atoms with Crippen LogP contribution < -0.4 is 5.32 Å². The fourth-order valence-electron chi connectivity index (χ4n) is 1.90. The van der Waals surface area contributed by atoms with Crippen LogP contribution in [0.25, 0.3) is 11.3 Å². The number of thiazole rings is 1. The molecule has 108 valence electrons. The molecule has 0 amide bonds. The number of benzene rings is 1. The predicted molar refractivity (Wildman–Crippen MR) is 91.5 cm³/mol. The number of hydrogen-bond donors (Lipinski definition) is 1. The van der Waals surface area contributed by atoms with Crippen LogP contribution >= 0.6 is 23.1 Å². The minimum Gasteiger partial charge on any atom is -0.308 e. The van der Waals surface area contributed by atoms with Crippen molar-refractivity contribution in [1.82, 2.24) is 10.3 Å². The van der Waals surface area contributed by atoms with E-state index < -0.39 is 0 Å². The summed E-state index contributed by atoms with van der Waals surface area (Å²) in [6.07, 6.45) is 1.22. The molecule has 20 heavy (non-hydrogen) atoms. The molecular weight excluding hydrogens is 284 g/mol. The molecule has 0 saturated heterocycles. The zero-order valence-electron chi connectivity index (χ0n) is 12.1. The summed E-state index contributed by atoms with van der Waals surface area (Å²) in [5.74, 6) is 2.44. The molecule has 0 spiro atoms. The Morgan fingerprint density at radius 2 is 2.10 bits per heavy atom. The number of rotatable bonds is 8. The number of thioether (sulfide) groups is 1. The van der Waals surface area contributed by atoms with Gasteiger partial charge in [0.25, 0.3) is 0 Å². The Hall–Kier alpha value is -0.840. The van der Waals surface area contributed by atoms with Crippen LogP contribution in [0.1, 0.15) is 25.3 Å². The van der Waals surface area contributed by atoms with E-state index >= 15 is 0 Å². The molecule has 1 aromatic carbocycles. The van der Waals surface area contributed by atoms with Crippen molar-refractivity contribution in [2.24, 2.45) is 0 Å². The van der Waals surface area contributed by atoms with Gasteiger partial charge in [-0.1, -0.05) is 37.3 Å². The largest absolute Gasteiger partial charge is 0.308 e. The van der Waals surface area contributed by atoms with Gasteiger partial charge in [0.05, 0.1) is 5.69 Å². The van der Waals surface area contributed by atoms with Gasteiger partial charge in [0.15, 0.2) is 0 Å². The zero-order chi connectivity index (χ0) is 14.2. The molecule has 0 saturated carbocycles. The van der Waals surface area contributed by atoms with Crippen molar-refractivity contribution in [3.05, 3.63) is 40.7 Å². The van der Waals surface area contributed by atoms with E-state index in [9.17, 15) is 0 Å². The van der Waals surface area contributed by atoms with Crippen molar-refractivity contribution in [3.63, 3.8) is 0 Å². The van der Waals surface area contributed by atoms with Gasteiger partial charge in [-0.3, -0.25) is 0 Å². The lowest BCUT2D eigenvalue weighted by atomic mass is 10.2. The van der Waals surface area contributed by atoms with Crippen molar-refractivity contribution in [2.75, 3.05) is 11.5 Å². The standard InChI is InChI=1S/C16H22N2S2/c1-3-19-10-9-13(2)17-11-16-18-15(12-20-16)14-7-5-4-6-8-14/h4-8,12-13,17H,3,9-11H2,1-2H3. The molecule has 2 aromatic rings. The number of hydrogen-bond acceptors (Lipinski definition) is 4. The van der Waals surface area contributed by atoms with Gasteiger partial charge < -0.3 is 5.32 Å². The van der Waals surface area contributed by atoms with E-state index in [2.05, 4.69) is 48.8 Å². The Morgan fingerprint density at radius 1 is 1.30 bits per heavy atom. The summed E-state index contributed by atoms with van der Waals surface area (Å²) >= 11 is 3.74. The molecule has 1 aromatic heterocycles. The van der Waals surface area contributed by atoms with Crippen LogP contribution in [0.4, 0.5) is 0 Å². The van der Waals surface area contributed by atoms with E-state index in [-0.39, 0.29) is 0 Å². The first kappa shape index (κ1) is 15.5. The molecule has 0 radical (unpaired) electrons. The molecule has 4 heteroatoms. The van der Waals surface area contributed by atoms with Gasteiger partial charge in [-0.2, -0.15) is 11.8 Å². The maximum Gasteiger partial charge on any atom is 0.107 e. The molecule has 0 aliphatic heterocycles. The summed E-state index contributed by atoms with van der Waals surface area (Å²) in [7, 11) is 0. The van der Waals surface area contributed by atoms with Crippen molar-refractivity contribution >= 4 is 23.1 Å². The Morgan fingerprint density at radius 3 is 2.85 bits per heavy atom. The van der Waals surface area contributed by atoms with E-state index in [1.807, 2.05) is 17.8 Å². The monoisotopic (exact) mass is 306 g/mol. The molecule has 2 rings (SSSR count).